The molecule has 0 aliphatic carbocycles. The molecule has 0 aromatic carbocycles. The number of rotatable bonds is 2. The number of hydrogen-bond donors (Lipinski definition) is 0. The van der Waals surface area contributed by atoms with Crippen molar-refractivity contribution in [2.24, 2.45) is 0 Å². The van der Waals surface area contributed by atoms with Crippen LogP contribution in [0.4, 0.5) is 0 Å². The molecule has 1 heterocycles. The van der Waals surface area contributed by atoms with Crippen LogP contribution >= 0.6 is 0 Å². The minimum Gasteiger partial charge on any atom is -0.336 e. The van der Waals surface area contributed by atoms with Crippen LogP contribution in [0.15, 0.2) is 12.2 Å². The van der Waals surface area contributed by atoms with E-state index in [1.807, 2.05) is 17.9 Å². The summed E-state index contributed by atoms with van der Waals surface area (Å²) in [6.07, 6.45) is 8.21. The molecule has 1 fully saturated rings. The molecule has 1 amide bonds. The van der Waals surface area contributed by atoms with Crippen LogP contribution in [0.5, 0.6) is 0 Å². The Morgan fingerprint density at radius 3 is 2.92 bits per heavy atom. The van der Waals surface area contributed by atoms with E-state index in [0.717, 1.165) is 13.0 Å². The fraction of sp³-hybridized carbons (Fsp3) is 0.727. The Bertz CT molecular complexity index is 198. The number of amides is 1. The second kappa shape index (κ2) is 5.05. The summed E-state index contributed by atoms with van der Waals surface area (Å²) in [5.74, 6) is 0.189. The Kier molecular flexibility index (Phi) is 4.00. The van der Waals surface area contributed by atoms with Crippen LogP contribution in [0.25, 0.3) is 0 Å². The zero-order valence-electron chi connectivity index (χ0n) is 8.62. The molecule has 0 saturated carbocycles. The first-order chi connectivity index (χ1) is 6.29. The highest BCUT2D eigenvalue weighted by molar-refractivity contribution is 5.87. The van der Waals surface area contributed by atoms with Gasteiger partial charge in [0.2, 0.25) is 5.91 Å². The van der Waals surface area contributed by atoms with Crippen molar-refractivity contribution in [2.45, 2.75) is 45.6 Å². The Balaban J connectivity index is 2.58. The SMILES string of the molecule is C/C=C/C(=O)N1CCCCC1CC. The molecule has 1 rings (SSSR count). The van der Waals surface area contributed by atoms with Gasteiger partial charge < -0.3 is 4.90 Å². The summed E-state index contributed by atoms with van der Waals surface area (Å²) < 4.78 is 0. The van der Waals surface area contributed by atoms with Gasteiger partial charge in [0.1, 0.15) is 0 Å². The van der Waals surface area contributed by atoms with Crippen LogP contribution in [0.2, 0.25) is 0 Å². The highest BCUT2D eigenvalue weighted by Gasteiger charge is 2.23. The minimum atomic E-state index is 0.189. The third-order valence-corrected chi connectivity index (χ3v) is 2.69. The first-order valence-electron chi connectivity index (χ1n) is 5.23. The number of carbonyl (C=O) groups is 1. The van der Waals surface area contributed by atoms with E-state index in [4.69, 9.17) is 0 Å². The van der Waals surface area contributed by atoms with Crippen molar-refractivity contribution in [1.82, 2.24) is 4.90 Å². The maximum atomic E-state index is 11.6. The molecule has 1 aliphatic heterocycles. The third-order valence-electron chi connectivity index (χ3n) is 2.69. The standard InChI is InChI=1S/C11H19NO/c1-3-7-11(13)12-9-6-5-8-10(12)4-2/h3,7,10H,4-6,8-9H2,1-2H3/b7-3+. The molecule has 1 saturated heterocycles. The minimum absolute atomic E-state index is 0.189. The number of likely N-dealkylation sites (tertiary alicyclic amines) is 1. The molecule has 1 atom stereocenters. The van der Waals surface area contributed by atoms with Crippen molar-refractivity contribution in [2.75, 3.05) is 6.54 Å². The highest BCUT2D eigenvalue weighted by atomic mass is 16.2. The second-order valence-corrected chi connectivity index (χ2v) is 3.59. The summed E-state index contributed by atoms with van der Waals surface area (Å²) >= 11 is 0. The van der Waals surface area contributed by atoms with Gasteiger partial charge in [-0.2, -0.15) is 0 Å². The van der Waals surface area contributed by atoms with E-state index in [1.165, 1.54) is 19.3 Å². The molecule has 74 valence electrons. The molecule has 2 heteroatoms. The molecule has 0 aromatic heterocycles. The fourth-order valence-corrected chi connectivity index (χ4v) is 1.95. The number of piperidine rings is 1. The summed E-state index contributed by atoms with van der Waals surface area (Å²) in [6, 6.07) is 0.484. The number of carbonyl (C=O) groups excluding carboxylic acids is 1. The number of allylic oxidation sites excluding steroid dienone is 1. The highest BCUT2D eigenvalue weighted by Crippen LogP contribution is 2.19. The van der Waals surface area contributed by atoms with Gasteiger partial charge in [0.25, 0.3) is 0 Å². The molecule has 0 bridgehead atoms. The number of hydrogen-bond acceptors (Lipinski definition) is 1. The molecule has 1 aliphatic rings. The van der Waals surface area contributed by atoms with Gasteiger partial charge >= 0.3 is 0 Å². The Morgan fingerprint density at radius 1 is 1.54 bits per heavy atom. The van der Waals surface area contributed by atoms with Crippen LogP contribution in [-0.4, -0.2) is 23.4 Å². The quantitative estimate of drug-likeness (QED) is 0.599. The van der Waals surface area contributed by atoms with Gasteiger partial charge in [-0.1, -0.05) is 13.0 Å². The lowest BCUT2D eigenvalue weighted by molar-refractivity contribution is -0.129. The fourth-order valence-electron chi connectivity index (χ4n) is 1.95. The summed E-state index contributed by atoms with van der Waals surface area (Å²) in [4.78, 5) is 13.6. The smallest absolute Gasteiger partial charge is 0.246 e. The molecule has 0 spiro atoms. The summed E-state index contributed by atoms with van der Waals surface area (Å²) in [7, 11) is 0. The topological polar surface area (TPSA) is 20.3 Å². The van der Waals surface area contributed by atoms with Gasteiger partial charge in [-0.15, -0.1) is 0 Å². The van der Waals surface area contributed by atoms with Gasteiger partial charge in [0.15, 0.2) is 0 Å². The molecule has 2 nitrogen and oxygen atoms in total. The number of nitrogens with zero attached hydrogens (tertiary/aromatic N) is 1. The average molecular weight is 181 g/mol. The lowest BCUT2D eigenvalue weighted by Gasteiger charge is -2.34. The predicted octanol–water partition coefficient (Wildman–Crippen LogP) is 2.35. The maximum Gasteiger partial charge on any atom is 0.246 e. The maximum absolute atomic E-state index is 11.6. The van der Waals surface area contributed by atoms with E-state index in [2.05, 4.69) is 6.92 Å². The van der Waals surface area contributed by atoms with Crippen molar-refractivity contribution in [1.29, 1.82) is 0 Å². The summed E-state index contributed by atoms with van der Waals surface area (Å²) in [5.41, 5.74) is 0. The first-order valence-corrected chi connectivity index (χ1v) is 5.23. The van der Waals surface area contributed by atoms with Gasteiger partial charge in [-0.05, 0) is 38.7 Å². The summed E-state index contributed by atoms with van der Waals surface area (Å²) in [6.45, 7) is 5.00. The van der Waals surface area contributed by atoms with Crippen molar-refractivity contribution >= 4 is 5.91 Å². The van der Waals surface area contributed by atoms with Crippen LogP contribution in [0, 0.1) is 0 Å². The van der Waals surface area contributed by atoms with Crippen LogP contribution < -0.4 is 0 Å². The molecule has 1 unspecified atom stereocenters. The van der Waals surface area contributed by atoms with E-state index in [9.17, 15) is 4.79 Å². The van der Waals surface area contributed by atoms with Crippen molar-refractivity contribution in [3.63, 3.8) is 0 Å². The van der Waals surface area contributed by atoms with Gasteiger partial charge in [0, 0.05) is 12.6 Å². The lowest BCUT2D eigenvalue weighted by atomic mass is 10.00. The summed E-state index contributed by atoms with van der Waals surface area (Å²) in [5, 5.41) is 0. The van der Waals surface area contributed by atoms with Crippen LogP contribution in [0.1, 0.15) is 39.5 Å². The van der Waals surface area contributed by atoms with E-state index in [-0.39, 0.29) is 5.91 Å². The normalized spacial score (nSPS) is 23.8. The van der Waals surface area contributed by atoms with E-state index in [1.54, 1.807) is 6.08 Å². The van der Waals surface area contributed by atoms with Crippen LogP contribution in [-0.2, 0) is 4.79 Å². The largest absolute Gasteiger partial charge is 0.336 e. The Labute approximate surface area is 80.6 Å². The van der Waals surface area contributed by atoms with Crippen molar-refractivity contribution in [3.8, 4) is 0 Å². The average Bonchev–Trinajstić information content (AvgIpc) is 2.18. The van der Waals surface area contributed by atoms with E-state index >= 15 is 0 Å². The predicted molar refractivity (Wildman–Crippen MR) is 54.5 cm³/mol. The molecule has 0 aromatic rings. The molecular weight excluding hydrogens is 162 g/mol. The zero-order valence-corrected chi connectivity index (χ0v) is 8.62. The van der Waals surface area contributed by atoms with E-state index in [0.29, 0.717) is 6.04 Å². The monoisotopic (exact) mass is 181 g/mol. The zero-order chi connectivity index (χ0) is 9.68. The first kappa shape index (κ1) is 10.3. The second-order valence-electron chi connectivity index (χ2n) is 3.59. The van der Waals surface area contributed by atoms with Gasteiger partial charge in [-0.3, -0.25) is 4.79 Å². The van der Waals surface area contributed by atoms with Crippen LogP contribution in [0.3, 0.4) is 0 Å². The molecular formula is C11H19NO. The van der Waals surface area contributed by atoms with Crippen molar-refractivity contribution < 1.29 is 4.79 Å². The van der Waals surface area contributed by atoms with Gasteiger partial charge in [-0.25, -0.2) is 0 Å². The molecule has 0 N–H and O–H groups in total. The van der Waals surface area contributed by atoms with Gasteiger partial charge in [0.05, 0.1) is 0 Å². The Morgan fingerprint density at radius 2 is 2.31 bits per heavy atom. The van der Waals surface area contributed by atoms with Crippen molar-refractivity contribution in [3.05, 3.63) is 12.2 Å². The Hall–Kier alpha value is -0.790. The van der Waals surface area contributed by atoms with E-state index < -0.39 is 0 Å². The lowest BCUT2D eigenvalue weighted by Crippen LogP contribution is -2.42. The molecule has 0 radical (unpaired) electrons. The molecule has 13 heavy (non-hydrogen) atoms. The third kappa shape index (κ3) is 2.58.